The van der Waals surface area contributed by atoms with Crippen LogP contribution in [0.4, 0.5) is 11.4 Å². The van der Waals surface area contributed by atoms with E-state index in [0.29, 0.717) is 19.7 Å². The molecule has 0 saturated heterocycles. The van der Waals surface area contributed by atoms with Gasteiger partial charge in [0.1, 0.15) is 5.56 Å². The van der Waals surface area contributed by atoms with Gasteiger partial charge in [-0.25, -0.2) is 0 Å². The number of hydrogen-bond donors (Lipinski definition) is 1. The Morgan fingerprint density at radius 1 is 1.22 bits per heavy atom. The highest BCUT2D eigenvalue weighted by molar-refractivity contribution is 5.99. The van der Waals surface area contributed by atoms with Crippen molar-refractivity contribution in [2.45, 2.75) is 6.92 Å². The molecule has 0 spiro atoms. The topological polar surface area (TPSA) is 93.9 Å². The van der Waals surface area contributed by atoms with E-state index in [0.717, 1.165) is 5.69 Å². The Kier molecular flexibility index (Phi) is 6.99. The summed E-state index contributed by atoms with van der Waals surface area (Å²) in [6.45, 7) is 3.01. The van der Waals surface area contributed by atoms with Crippen LogP contribution in [0.2, 0.25) is 0 Å². The number of methoxy groups -OCH3 is 1. The number of carbonyl (C=O) groups is 1. The summed E-state index contributed by atoms with van der Waals surface area (Å²) in [5, 5.41) is 14.1. The standard InChI is InChI=1S/C19H23N3O5/c1-4-27-18-12-15(16(22(24)25)13-17(18)26-3)19(23)20-10-11-21(2)14-8-6-5-7-9-14/h5-9,12-13H,4,10-11H2,1-3H3,(H,20,23). The Morgan fingerprint density at radius 3 is 2.52 bits per heavy atom. The minimum atomic E-state index is -0.608. The number of nitrogens with zero attached hydrogens (tertiary/aromatic N) is 2. The number of para-hydroxylation sites is 1. The normalized spacial score (nSPS) is 10.2. The zero-order valence-electron chi connectivity index (χ0n) is 15.6. The van der Waals surface area contributed by atoms with E-state index >= 15 is 0 Å². The molecule has 27 heavy (non-hydrogen) atoms. The minimum absolute atomic E-state index is 0.0633. The van der Waals surface area contributed by atoms with E-state index in [1.807, 2.05) is 42.3 Å². The van der Waals surface area contributed by atoms with Gasteiger partial charge in [0.25, 0.3) is 11.6 Å². The molecular formula is C19H23N3O5. The largest absolute Gasteiger partial charge is 0.493 e. The molecule has 0 atom stereocenters. The number of nitrogens with one attached hydrogen (secondary N) is 1. The molecule has 144 valence electrons. The fourth-order valence-electron chi connectivity index (χ4n) is 2.55. The van der Waals surface area contributed by atoms with Crippen LogP contribution in [0.5, 0.6) is 11.5 Å². The SMILES string of the molecule is CCOc1cc(C(=O)NCCN(C)c2ccccc2)c([N+](=O)[O-])cc1OC. The molecular weight excluding hydrogens is 350 g/mol. The monoisotopic (exact) mass is 373 g/mol. The van der Waals surface area contributed by atoms with Gasteiger partial charge in [0, 0.05) is 31.9 Å². The van der Waals surface area contributed by atoms with Gasteiger partial charge in [-0.05, 0) is 19.1 Å². The average molecular weight is 373 g/mol. The van der Waals surface area contributed by atoms with E-state index in [1.165, 1.54) is 19.2 Å². The van der Waals surface area contributed by atoms with Crippen molar-refractivity contribution in [3.05, 3.63) is 58.1 Å². The number of anilines is 1. The van der Waals surface area contributed by atoms with Crippen LogP contribution < -0.4 is 19.7 Å². The highest BCUT2D eigenvalue weighted by Crippen LogP contribution is 2.34. The number of carbonyl (C=O) groups excluding carboxylic acids is 1. The number of amides is 1. The molecule has 0 radical (unpaired) electrons. The van der Waals surface area contributed by atoms with Crippen LogP contribution >= 0.6 is 0 Å². The fourth-order valence-corrected chi connectivity index (χ4v) is 2.55. The lowest BCUT2D eigenvalue weighted by Crippen LogP contribution is -2.33. The molecule has 2 aromatic carbocycles. The number of nitro benzene ring substituents is 1. The number of nitro groups is 1. The lowest BCUT2D eigenvalue weighted by molar-refractivity contribution is -0.385. The van der Waals surface area contributed by atoms with Crippen molar-refractivity contribution in [1.29, 1.82) is 0 Å². The molecule has 1 N–H and O–H groups in total. The summed E-state index contributed by atoms with van der Waals surface area (Å²) in [6.07, 6.45) is 0. The summed E-state index contributed by atoms with van der Waals surface area (Å²) in [6, 6.07) is 12.3. The van der Waals surface area contributed by atoms with Crippen molar-refractivity contribution in [1.82, 2.24) is 5.32 Å². The first-order valence-corrected chi connectivity index (χ1v) is 8.51. The second-order valence-corrected chi connectivity index (χ2v) is 5.72. The summed E-state index contributed by atoms with van der Waals surface area (Å²) < 4.78 is 10.5. The van der Waals surface area contributed by atoms with E-state index in [1.54, 1.807) is 6.92 Å². The number of benzene rings is 2. The van der Waals surface area contributed by atoms with Gasteiger partial charge >= 0.3 is 0 Å². The van der Waals surface area contributed by atoms with Gasteiger partial charge in [-0.2, -0.15) is 0 Å². The van der Waals surface area contributed by atoms with Crippen LogP contribution in [0, 0.1) is 10.1 Å². The van der Waals surface area contributed by atoms with Crippen molar-refractivity contribution in [3.8, 4) is 11.5 Å². The molecule has 0 aromatic heterocycles. The molecule has 0 bridgehead atoms. The van der Waals surface area contributed by atoms with Gasteiger partial charge in [0.15, 0.2) is 11.5 Å². The molecule has 8 nitrogen and oxygen atoms in total. The first-order chi connectivity index (χ1) is 13.0. The highest BCUT2D eigenvalue weighted by atomic mass is 16.6. The molecule has 2 aromatic rings. The zero-order chi connectivity index (χ0) is 19.8. The molecule has 8 heteroatoms. The second-order valence-electron chi connectivity index (χ2n) is 5.72. The number of ether oxygens (including phenoxy) is 2. The maximum atomic E-state index is 12.5. The van der Waals surface area contributed by atoms with Crippen molar-refractivity contribution >= 4 is 17.3 Å². The Bertz CT molecular complexity index is 795. The van der Waals surface area contributed by atoms with Gasteiger partial charge in [-0.15, -0.1) is 0 Å². The molecule has 0 aliphatic carbocycles. The van der Waals surface area contributed by atoms with Gasteiger partial charge in [0.2, 0.25) is 0 Å². The smallest absolute Gasteiger partial charge is 0.286 e. The Labute approximate surface area is 157 Å². The minimum Gasteiger partial charge on any atom is -0.493 e. The number of rotatable bonds is 9. The Balaban J connectivity index is 2.12. The maximum Gasteiger partial charge on any atom is 0.286 e. The molecule has 0 saturated carbocycles. The Hall–Kier alpha value is -3.29. The van der Waals surface area contributed by atoms with Crippen LogP contribution in [-0.2, 0) is 0 Å². The third-order valence-electron chi connectivity index (χ3n) is 3.95. The van der Waals surface area contributed by atoms with E-state index in [4.69, 9.17) is 9.47 Å². The quantitative estimate of drug-likeness (QED) is 0.537. The average Bonchev–Trinajstić information content (AvgIpc) is 2.68. The van der Waals surface area contributed by atoms with Gasteiger partial charge in [-0.1, -0.05) is 18.2 Å². The summed E-state index contributed by atoms with van der Waals surface area (Å²) in [4.78, 5) is 25.2. The maximum absolute atomic E-state index is 12.5. The second kappa shape index (κ2) is 9.42. The predicted octanol–water partition coefficient (Wildman–Crippen LogP) is 2.87. The third-order valence-corrected chi connectivity index (χ3v) is 3.95. The van der Waals surface area contributed by atoms with Crippen molar-refractivity contribution in [2.75, 3.05) is 38.8 Å². The van der Waals surface area contributed by atoms with Gasteiger partial charge < -0.3 is 19.7 Å². The Morgan fingerprint density at radius 2 is 1.93 bits per heavy atom. The molecule has 1 amide bonds. The van der Waals surface area contributed by atoms with Gasteiger partial charge in [-0.3, -0.25) is 14.9 Å². The molecule has 0 heterocycles. The first-order valence-electron chi connectivity index (χ1n) is 8.51. The molecule has 0 unspecified atom stereocenters. The lowest BCUT2D eigenvalue weighted by Gasteiger charge is -2.19. The van der Waals surface area contributed by atoms with Crippen LogP contribution in [0.1, 0.15) is 17.3 Å². The van der Waals surface area contributed by atoms with E-state index in [9.17, 15) is 14.9 Å². The lowest BCUT2D eigenvalue weighted by atomic mass is 10.1. The van der Waals surface area contributed by atoms with Crippen LogP contribution in [0.15, 0.2) is 42.5 Å². The number of likely N-dealkylation sites (N-methyl/N-ethyl adjacent to an activating group) is 1. The van der Waals surface area contributed by atoms with Crippen LogP contribution in [0.3, 0.4) is 0 Å². The van der Waals surface area contributed by atoms with Crippen molar-refractivity contribution in [3.63, 3.8) is 0 Å². The molecule has 2 rings (SSSR count). The van der Waals surface area contributed by atoms with E-state index < -0.39 is 10.8 Å². The first kappa shape index (κ1) is 20.0. The number of hydrogen-bond acceptors (Lipinski definition) is 6. The van der Waals surface area contributed by atoms with Crippen molar-refractivity contribution in [2.24, 2.45) is 0 Å². The zero-order valence-corrected chi connectivity index (χ0v) is 15.6. The molecule has 0 aliphatic heterocycles. The van der Waals surface area contributed by atoms with Crippen LogP contribution in [-0.4, -0.2) is 44.7 Å². The van der Waals surface area contributed by atoms with E-state index in [-0.39, 0.29) is 22.7 Å². The van der Waals surface area contributed by atoms with E-state index in [2.05, 4.69) is 5.32 Å². The third kappa shape index (κ3) is 5.10. The summed E-state index contributed by atoms with van der Waals surface area (Å²) >= 11 is 0. The fraction of sp³-hybridized carbons (Fsp3) is 0.316. The van der Waals surface area contributed by atoms with Crippen molar-refractivity contribution < 1.29 is 19.2 Å². The summed E-state index contributed by atoms with van der Waals surface area (Å²) in [5.74, 6) is -0.0344. The summed E-state index contributed by atoms with van der Waals surface area (Å²) in [7, 11) is 3.30. The summed E-state index contributed by atoms with van der Waals surface area (Å²) in [5.41, 5.74) is 0.622. The predicted molar refractivity (Wildman–Crippen MR) is 103 cm³/mol. The molecule has 0 aliphatic rings. The van der Waals surface area contributed by atoms with Crippen LogP contribution in [0.25, 0.3) is 0 Å². The molecule has 0 fully saturated rings. The highest BCUT2D eigenvalue weighted by Gasteiger charge is 2.24. The van der Waals surface area contributed by atoms with Gasteiger partial charge in [0.05, 0.1) is 24.7 Å².